The summed E-state index contributed by atoms with van der Waals surface area (Å²) in [6, 6.07) is 7.97. The van der Waals surface area contributed by atoms with E-state index in [0.717, 1.165) is 45.5 Å². The number of halogens is 1. The number of anilines is 1. The molecule has 4 rings (SSSR count). The molecule has 0 bridgehead atoms. The van der Waals surface area contributed by atoms with Crippen LogP contribution >= 0.6 is 11.6 Å². The smallest absolute Gasteiger partial charge is 0.166 e. The molecule has 1 N–H and O–H groups in total. The second-order valence-electron chi connectivity index (χ2n) is 5.26. The number of H-pyrrole nitrogens is 1. The minimum absolute atomic E-state index is 0.663. The Hall–Kier alpha value is -2.07. The van der Waals surface area contributed by atoms with Crippen molar-refractivity contribution in [2.45, 2.75) is 0 Å². The Bertz CT molecular complexity index is 856. The summed E-state index contributed by atoms with van der Waals surface area (Å²) in [4.78, 5) is 5.64. The molecule has 2 heterocycles. The summed E-state index contributed by atoms with van der Waals surface area (Å²) >= 11 is 6.19. The van der Waals surface area contributed by atoms with Gasteiger partial charge in [-0.1, -0.05) is 11.6 Å². The largest absolute Gasteiger partial charge is 0.495 e. The highest BCUT2D eigenvalue weighted by molar-refractivity contribution is 6.32. The third kappa shape index (κ3) is 1.75. The zero-order valence-corrected chi connectivity index (χ0v) is 12.6. The molecule has 0 unspecified atom stereocenters. The normalized spacial score (nSPS) is 14.3. The van der Waals surface area contributed by atoms with Crippen molar-refractivity contribution in [1.29, 1.82) is 0 Å². The molecular formula is C16H15ClN2O2. The molecule has 0 fully saturated rings. The van der Waals surface area contributed by atoms with Gasteiger partial charge in [0.2, 0.25) is 0 Å². The van der Waals surface area contributed by atoms with Crippen LogP contribution in [0.4, 0.5) is 5.69 Å². The first kappa shape index (κ1) is 12.7. The van der Waals surface area contributed by atoms with Crippen molar-refractivity contribution in [3.8, 4) is 11.5 Å². The van der Waals surface area contributed by atoms with Crippen LogP contribution in [0.15, 0.2) is 24.3 Å². The molecule has 1 aromatic heterocycles. The average molecular weight is 303 g/mol. The van der Waals surface area contributed by atoms with E-state index in [1.165, 1.54) is 0 Å². The molecule has 1 aliphatic heterocycles. The van der Waals surface area contributed by atoms with Gasteiger partial charge in [0, 0.05) is 28.9 Å². The number of fused-ring (bicyclic) bond motifs is 5. The molecule has 0 saturated carbocycles. The summed E-state index contributed by atoms with van der Waals surface area (Å²) in [6.07, 6.45) is 0. The van der Waals surface area contributed by atoms with Crippen molar-refractivity contribution in [1.82, 2.24) is 4.98 Å². The van der Waals surface area contributed by atoms with E-state index < -0.39 is 0 Å². The average Bonchev–Trinajstić information content (AvgIpc) is 2.86. The Balaban J connectivity index is 2.12. The van der Waals surface area contributed by atoms with Gasteiger partial charge in [-0.25, -0.2) is 0 Å². The number of methoxy groups -OCH3 is 1. The van der Waals surface area contributed by atoms with Crippen LogP contribution in [0.25, 0.3) is 21.8 Å². The first-order chi connectivity index (χ1) is 10.2. The van der Waals surface area contributed by atoms with E-state index >= 15 is 0 Å². The molecule has 2 aromatic carbocycles. The van der Waals surface area contributed by atoms with E-state index in [0.29, 0.717) is 11.6 Å². The lowest BCUT2D eigenvalue weighted by molar-refractivity contribution is 0.314. The predicted molar refractivity (Wildman–Crippen MR) is 86.1 cm³/mol. The number of aromatic nitrogens is 1. The van der Waals surface area contributed by atoms with Crippen LogP contribution in [0.3, 0.4) is 0 Å². The molecule has 4 nitrogen and oxygen atoms in total. The molecule has 108 valence electrons. The first-order valence-corrected chi connectivity index (χ1v) is 7.22. The predicted octanol–water partition coefficient (Wildman–Crippen LogP) is 3.81. The number of ether oxygens (including phenoxy) is 2. The number of nitrogens with zero attached hydrogens (tertiary/aromatic N) is 1. The fraction of sp³-hybridized carbons (Fsp3) is 0.250. The molecule has 0 saturated heterocycles. The van der Waals surface area contributed by atoms with Crippen LogP contribution < -0.4 is 14.4 Å². The van der Waals surface area contributed by atoms with Crippen LogP contribution in [0, 0.1) is 0 Å². The molecular weight excluding hydrogens is 288 g/mol. The first-order valence-electron chi connectivity index (χ1n) is 6.85. The highest BCUT2D eigenvalue weighted by atomic mass is 35.5. The van der Waals surface area contributed by atoms with Crippen molar-refractivity contribution in [2.75, 3.05) is 32.2 Å². The van der Waals surface area contributed by atoms with Gasteiger partial charge < -0.3 is 19.4 Å². The number of likely N-dealkylation sites (N-methyl/N-ethyl adjacent to an activating group) is 1. The van der Waals surface area contributed by atoms with Gasteiger partial charge in [0.05, 0.1) is 30.4 Å². The Kier molecular flexibility index (Phi) is 2.69. The van der Waals surface area contributed by atoms with Gasteiger partial charge in [-0.05, 0) is 18.2 Å². The van der Waals surface area contributed by atoms with Crippen molar-refractivity contribution >= 4 is 39.1 Å². The lowest BCUT2D eigenvalue weighted by Crippen LogP contribution is -2.28. The van der Waals surface area contributed by atoms with Crippen LogP contribution in [0.5, 0.6) is 11.5 Å². The van der Waals surface area contributed by atoms with Crippen molar-refractivity contribution in [3.05, 3.63) is 29.3 Å². The van der Waals surface area contributed by atoms with E-state index in [1.54, 1.807) is 7.11 Å². The Morgan fingerprint density at radius 2 is 2.10 bits per heavy atom. The second-order valence-corrected chi connectivity index (χ2v) is 5.70. The maximum Gasteiger partial charge on any atom is 0.166 e. The standard InChI is InChI=1S/C16H15ClN2O2/c1-19-5-6-21-16-12(19)4-3-10-11-7-9(17)8-13(20-2)14(11)18-15(10)16/h3-4,7-8,18H,5-6H2,1-2H3. The highest BCUT2D eigenvalue weighted by Crippen LogP contribution is 2.42. The van der Waals surface area contributed by atoms with Gasteiger partial charge in [-0.2, -0.15) is 0 Å². The number of hydrogen-bond acceptors (Lipinski definition) is 3. The van der Waals surface area contributed by atoms with E-state index in [1.807, 2.05) is 12.1 Å². The zero-order chi connectivity index (χ0) is 14.6. The topological polar surface area (TPSA) is 37.5 Å². The fourth-order valence-corrected chi connectivity index (χ4v) is 3.19. The summed E-state index contributed by atoms with van der Waals surface area (Å²) in [5.41, 5.74) is 3.04. The van der Waals surface area contributed by atoms with Gasteiger partial charge in [-0.3, -0.25) is 0 Å². The summed E-state index contributed by atoms with van der Waals surface area (Å²) < 4.78 is 11.3. The summed E-state index contributed by atoms with van der Waals surface area (Å²) in [6.45, 7) is 1.59. The Morgan fingerprint density at radius 1 is 1.24 bits per heavy atom. The van der Waals surface area contributed by atoms with E-state index in [-0.39, 0.29) is 0 Å². The molecule has 5 heteroatoms. The molecule has 0 spiro atoms. The zero-order valence-electron chi connectivity index (χ0n) is 11.9. The molecule has 3 aromatic rings. The van der Waals surface area contributed by atoms with Gasteiger partial charge in [0.15, 0.2) is 5.75 Å². The maximum absolute atomic E-state index is 6.19. The molecule has 1 aliphatic rings. The number of aromatic amines is 1. The van der Waals surface area contributed by atoms with Crippen molar-refractivity contribution in [2.24, 2.45) is 0 Å². The van der Waals surface area contributed by atoms with Crippen molar-refractivity contribution < 1.29 is 9.47 Å². The van der Waals surface area contributed by atoms with Gasteiger partial charge >= 0.3 is 0 Å². The summed E-state index contributed by atoms with van der Waals surface area (Å²) in [5.74, 6) is 1.64. The summed E-state index contributed by atoms with van der Waals surface area (Å²) in [5, 5.41) is 2.81. The number of hydrogen-bond donors (Lipinski definition) is 1. The fourth-order valence-electron chi connectivity index (χ4n) is 2.98. The number of benzene rings is 2. The minimum atomic E-state index is 0.663. The molecule has 0 amide bonds. The SMILES string of the molecule is COc1cc(Cl)cc2c1[nH]c1c3c(ccc12)N(C)CCO3. The Morgan fingerprint density at radius 3 is 2.90 bits per heavy atom. The highest BCUT2D eigenvalue weighted by Gasteiger charge is 2.21. The molecule has 0 atom stereocenters. The minimum Gasteiger partial charge on any atom is -0.495 e. The summed E-state index contributed by atoms with van der Waals surface area (Å²) in [7, 11) is 3.73. The van der Waals surface area contributed by atoms with Crippen LogP contribution in [0.2, 0.25) is 5.02 Å². The van der Waals surface area contributed by atoms with Crippen LogP contribution in [-0.2, 0) is 0 Å². The van der Waals surface area contributed by atoms with Crippen LogP contribution in [0.1, 0.15) is 0 Å². The maximum atomic E-state index is 6.19. The third-order valence-electron chi connectivity index (χ3n) is 4.05. The third-order valence-corrected chi connectivity index (χ3v) is 4.27. The van der Waals surface area contributed by atoms with E-state index in [9.17, 15) is 0 Å². The number of nitrogens with one attached hydrogen (secondary N) is 1. The molecule has 0 aliphatic carbocycles. The monoisotopic (exact) mass is 302 g/mol. The van der Waals surface area contributed by atoms with Gasteiger partial charge in [0.1, 0.15) is 12.4 Å². The quantitative estimate of drug-likeness (QED) is 0.742. The molecule has 0 radical (unpaired) electrons. The van der Waals surface area contributed by atoms with Crippen molar-refractivity contribution in [3.63, 3.8) is 0 Å². The second kappa shape index (κ2) is 4.46. The lowest BCUT2D eigenvalue weighted by Gasteiger charge is -2.27. The van der Waals surface area contributed by atoms with E-state index in [4.69, 9.17) is 21.1 Å². The van der Waals surface area contributed by atoms with E-state index in [2.05, 4.69) is 29.1 Å². The van der Waals surface area contributed by atoms with Gasteiger partial charge in [-0.15, -0.1) is 0 Å². The van der Waals surface area contributed by atoms with Crippen LogP contribution in [-0.4, -0.2) is 32.3 Å². The Labute approximate surface area is 127 Å². The number of rotatable bonds is 1. The molecule has 21 heavy (non-hydrogen) atoms. The lowest BCUT2D eigenvalue weighted by atomic mass is 10.1. The van der Waals surface area contributed by atoms with Gasteiger partial charge in [0.25, 0.3) is 0 Å².